The third-order valence-corrected chi connectivity index (χ3v) is 3.11. The van der Waals surface area contributed by atoms with Gasteiger partial charge in [-0.2, -0.15) is 0 Å². The van der Waals surface area contributed by atoms with Crippen molar-refractivity contribution < 1.29 is 4.74 Å². The molecule has 1 aromatic heterocycles. The fourth-order valence-electron chi connectivity index (χ4n) is 2.32. The maximum atomic E-state index is 5.27. The SMILES string of the molecule is COc1cc(C)nc(CC2CCCNC2)c1. The molecule has 88 valence electrons. The second-order valence-corrected chi connectivity index (χ2v) is 4.56. The summed E-state index contributed by atoms with van der Waals surface area (Å²) in [6.07, 6.45) is 3.66. The van der Waals surface area contributed by atoms with Gasteiger partial charge in [0, 0.05) is 23.5 Å². The Labute approximate surface area is 97.2 Å². The summed E-state index contributed by atoms with van der Waals surface area (Å²) >= 11 is 0. The zero-order valence-electron chi connectivity index (χ0n) is 10.1. The summed E-state index contributed by atoms with van der Waals surface area (Å²) in [4.78, 5) is 4.57. The molecule has 2 heterocycles. The van der Waals surface area contributed by atoms with Crippen molar-refractivity contribution in [3.63, 3.8) is 0 Å². The highest BCUT2D eigenvalue weighted by Gasteiger charge is 2.14. The number of piperidine rings is 1. The van der Waals surface area contributed by atoms with Gasteiger partial charge >= 0.3 is 0 Å². The standard InChI is InChI=1S/C13H20N2O/c1-10-6-13(16-2)8-12(15-10)7-11-4-3-5-14-9-11/h6,8,11,14H,3-5,7,9H2,1-2H3. The molecule has 16 heavy (non-hydrogen) atoms. The number of ether oxygens (including phenoxy) is 1. The van der Waals surface area contributed by atoms with Gasteiger partial charge in [-0.1, -0.05) is 0 Å². The minimum atomic E-state index is 0.729. The van der Waals surface area contributed by atoms with Gasteiger partial charge in [0.1, 0.15) is 5.75 Å². The van der Waals surface area contributed by atoms with Crippen LogP contribution in [-0.2, 0) is 6.42 Å². The molecule has 0 aromatic carbocycles. The molecule has 1 aromatic rings. The van der Waals surface area contributed by atoms with Crippen LogP contribution < -0.4 is 10.1 Å². The first-order valence-electron chi connectivity index (χ1n) is 6.00. The van der Waals surface area contributed by atoms with Gasteiger partial charge in [0.05, 0.1) is 7.11 Å². The topological polar surface area (TPSA) is 34.1 Å². The third kappa shape index (κ3) is 2.95. The number of hydrogen-bond acceptors (Lipinski definition) is 3. The lowest BCUT2D eigenvalue weighted by Gasteiger charge is -2.22. The van der Waals surface area contributed by atoms with Gasteiger partial charge in [-0.25, -0.2) is 0 Å². The quantitative estimate of drug-likeness (QED) is 0.845. The van der Waals surface area contributed by atoms with Crippen LogP contribution in [0.1, 0.15) is 24.2 Å². The van der Waals surface area contributed by atoms with Gasteiger partial charge in [0.2, 0.25) is 0 Å². The smallest absolute Gasteiger partial charge is 0.122 e. The Morgan fingerprint density at radius 3 is 3.06 bits per heavy atom. The first-order valence-corrected chi connectivity index (χ1v) is 6.00. The van der Waals surface area contributed by atoms with Crippen LogP contribution in [0.4, 0.5) is 0 Å². The number of methoxy groups -OCH3 is 1. The normalized spacial score (nSPS) is 20.8. The van der Waals surface area contributed by atoms with Crippen molar-refractivity contribution in [3.8, 4) is 5.75 Å². The molecule has 2 rings (SSSR count). The summed E-state index contributed by atoms with van der Waals surface area (Å²) < 4.78 is 5.27. The van der Waals surface area contributed by atoms with Crippen molar-refractivity contribution in [1.29, 1.82) is 0 Å². The monoisotopic (exact) mass is 220 g/mol. The Morgan fingerprint density at radius 2 is 2.38 bits per heavy atom. The summed E-state index contributed by atoms with van der Waals surface area (Å²) in [5, 5.41) is 3.44. The van der Waals surface area contributed by atoms with Gasteiger partial charge < -0.3 is 10.1 Å². The first-order chi connectivity index (χ1) is 7.78. The van der Waals surface area contributed by atoms with E-state index in [0.29, 0.717) is 0 Å². The molecule has 0 saturated carbocycles. The molecule has 0 amide bonds. The minimum Gasteiger partial charge on any atom is -0.497 e. The molecule has 3 nitrogen and oxygen atoms in total. The van der Waals surface area contributed by atoms with Crippen LogP contribution >= 0.6 is 0 Å². The first kappa shape index (κ1) is 11.4. The van der Waals surface area contributed by atoms with E-state index in [1.807, 2.05) is 13.0 Å². The Bertz CT molecular complexity index is 346. The molecule has 0 radical (unpaired) electrons. The van der Waals surface area contributed by atoms with E-state index < -0.39 is 0 Å². The van der Waals surface area contributed by atoms with Crippen LogP contribution in [0.5, 0.6) is 5.75 Å². The molecule has 0 aliphatic carbocycles. The lowest BCUT2D eigenvalue weighted by Crippen LogP contribution is -2.31. The molecule has 1 fully saturated rings. The van der Waals surface area contributed by atoms with Crippen LogP contribution in [0.2, 0.25) is 0 Å². The average molecular weight is 220 g/mol. The van der Waals surface area contributed by atoms with Gasteiger partial charge in [-0.05, 0) is 45.2 Å². The Kier molecular flexibility index (Phi) is 3.78. The van der Waals surface area contributed by atoms with E-state index in [9.17, 15) is 0 Å². The lowest BCUT2D eigenvalue weighted by molar-refractivity contribution is 0.371. The van der Waals surface area contributed by atoms with E-state index in [4.69, 9.17) is 4.74 Å². The molecule has 0 bridgehead atoms. The van der Waals surface area contributed by atoms with Gasteiger partial charge in [-0.3, -0.25) is 4.98 Å². The van der Waals surface area contributed by atoms with Gasteiger partial charge in [0.15, 0.2) is 0 Å². The fourth-order valence-corrected chi connectivity index (χ4v) is 2.32. The van der Waals surface area contributed by atoms with Gasteiger partial charge in [0.25, 0.3) is 0 Å². The zero-order valence-corrected chi connectivity index (χ0v) is 10.1. The van der Waals surface area contributed by atoms with Gasteiger partial charge in [-0.15, -0.1) is 0 Å². The molecule has 1 atom stereocenters. The maximum Gasteiger partial charge on any atom is 0.122 e. The number of pyridine rings is 1. The number of aromatic nitrogens is 1. The summed E-state index contributed by atoms with van der Waals surface area (Å²) in [7, 11) is 1.71. The Hall–Kier alpha value is -1.09. The summed E-state index contributed by atoms with van der Waals surface area (Å²) in [6, 6.07) is 4.03. The van der Waals surface area contributed by atoms with E-state index in [2.05, 4.69) is 16.4 Å². The number of hydrogen-bond donors (Lipinski definition) is 1. The summed E-state index contributed by atoms with van der Waals surface area (Å²) in [5.41, 5.74) is 2.20. The van der Waals surface area contributed by atoms with Crippen LogP contribution in [0.15, 0.2) is 12.1 Å². The molecule has 1 unspecified atom stereocenters. The number of rotatable bonds is 3. The second kappa shape index (κ2) is 5.30. The summed E-state index contributed by atoms with van der Waals surface area (Å²) in [6.45, 7) is 4.31. The average Bonchev–Trinajstić information content (AvgIpc) is 2.29. The van der Waals surface area contributed by atoms with Crippen LogP contribution in [0.3, 0.4) is 0 Å². The predicted octanol–water partition coefficient (Wildman–Crippen LogP) is 1.94. The Morgan fingerprint density at radius 1 is 1.50 bits per heavy atom. The number of aryl methyl sites for hydroxylation is 1. The van der Waals surface area contributed by atoms with Crippen molar-refractivity contribution in [2.45, 2.75) is 26.2 Å². The highest BCUT2D eigenvalue weighted by atomic mass is 16.5. The van der Waals surface area contributed by atoms with Crippen molar-refractivity contribution in [2.24, 2.45) is 5.92 Å². The molecule has 1 aliphatic rings. The molecular weight excluding hydrogens is 200 g/mol. The molecule has 1 aliphatic heterocycles. The van der Waals surface area contributed by atoms with Crippen LogP contribution in [-0.4, -0.2) is 25.2 Å². The molecule has 1 saturated heterocycles. The summed E-state index contributed by atoms with van der Waals surface area (Å²) in [5.74, 6) is 1.65. The molecule has 3 heteroatoms. The van der Waals surface area contributed by atoms with Crippen molar-refractivity contribution >= 4 is 0 Å². The zero-order chi connectivity index (χ0) is 11.4. The maximum absolute atomic E-state index is 5.27. The van der Waals surface area contributed by atoms with E-state index in [0.717, 1.165) is 36.0 Å². The second-order valence-electron chi connectivity index (χ2n) is 4.56. The van der Waals surface area contributed by atoms with E-state index in [1.165, 1.54) is 19.4 Å². The minimum absolute atomic E-state index is 0.729. The lowest BCUT2D eigenvalue weighted by atomic mass is 9.94. The van der Waals surface area contributed by atoms with Crippen LogP contribution in [0, 0.1) is 12.8 Å². The predicted molar refractivity (Wildman–Crippen MR) is 64.8 cm³/mol. The van der Waals surface area contributed by atoms with Crippen molar-refractivity contribution in [3.05, 3.63) is 23.5 Å². The highest BCUT2D eigenvalue weighted by Crippen LogP contribution is 2.19. The highest BCUT2D eigenvalue weighted by molar-refractivity contribution is 5.26. The van der Waals surface area contributed by atoms with Crippen molar-refractivity contribution in [1.82, 2.24) is 10.3 Å². The number of nitrogens with zero attached hydrogens (tertiary/aromatic N) is 1. The number of nitrogens with one attached hydrogen (secondary N) is 1. The molecule has 0 spiro atoms. The van der Waals surface area contributed by atoms with E-state index in [-0.39, 0.29) is 0 Å². The van der Waals surface area contributed by atoms with E-state index >= 15 is 0 Å². The third-order valence-electron chi connectivity index (χ3n) is 3.11. The fraction of sp³-hybridized carbons (Fsp3) is 0.615. The molecular formula is C13H20N2O. The van der Waals surface area contributed by atoms with E-state index in [1.54, 1.807) is 7.11 Å². The van der Waals surface area contributed by atoms with Crippen LogP contribution in [0.25, 0.3) is 0 Å². The Balaban J connectivity index is 2.04. The molecule has 1 N–H and O–H groups in total. The largest absolute Gasteiger partial charge is 0.497 e. The van der Waals surface area contributed by atoms with Crippen molar-refractivity contribution in [2.75, 3.05) is 20.2 Å².